The third kappa shape index (κ3) is 2.57. The van der Waals surface area contributed by atoms with Crippen LogP contribution in [0.1, 0.15) is 10.4 Å². The normalized spacial score (nSPS) is 10.3. The summed E-state index contributed by atoms with van der Waals surface area (Å²) < 4.78 is 6.93. The first-order valence-electron chi connectivity index (χ1n) is 6.09. The van der Waals surface area contributed by atoms with Gasteiger partial charge >= 0.3 is 12.0 Å². The monoisotopic (exact) mass is 282 g/mol. The van der Waals surface area contributed by atoms with Gasteiger partial charge in [0.15, 0.2) is 0 Å². The largest absolute Gasteiger partial charge is 0.478 e. The summed E-state index contributed by atoms with van der Waals surface area (Å²) in [6.45, 7) is 0. The summed E-state index contributed by atoms with van der Waals surface area (Å²) in [4.78, 5) is 11.2. The number of benzene rings is 2. The van der Waals surface area contributed by atoms with Crippen molar-refractivity contribution < 1.29 is 14.6 Å². The fourth-order valence-corrected chi connectivity index (χ4v) is 1.80. The van der Waals surface area contributed by atoms with E-state index in [-0.39, 0.29) is 17.3 Å². The molecule has 0 spiro atoms. The Kier molecular flexibility index (Phi) is 3.30. The van der Waals surface area contributed by atoms with E-state index < -0.39 is 5.97 Å². The molecule has 0 unspecified atom stereocenters. The smallest absolute Gasteiger partial charge is 0.345 e. The molecular formula is C14H10N4O3. The maximum absolute atomic E-state index is 11.2. The Morgan fingerprint density at radius 3 is 2.52 bits per heavy atom. The van der Waals surface area contributed by atoms with Crippen molar-refractivity contribution in [3.05, 3.63) is 60.2 Å². The molecule has 0 atom stereocenters. The van der Waals surface area contributed by atoms with Gasteiger partial charge in [-0.05, 0) is 34.7 Å². The molecule has 1 N–H and O–H groups in total. The Morgan fingerprint density at radius 2 is 1.76 bits per heavy atom. The van der Waals surface area contributed by atoms with Crippen LogP contribution in [0.25, 0.3) is 5.69 Å². The van der Waals surface area contributed by atoms with Gasteiger partial charge in [-0.2, -0.15) is 4.68 Å². The Bertz CT molecular complexity index is 771. The van der Waals surface area contributed by atoms with E-state index in [9.17, 15) is 4.79 Å². The number of carboxylic acids is 1. The van der Waals surface area contributed by atoms with Gasteiger partial charge in [0, 0.05) is 0 Å². The zero-order valence-electron chi connectivity index (χ0n) is 10.7. The number of rotatable bonds is 4. The summed E-state index contributed by atoms with van der Waals surface area (Å²) in [6, 6.07) is 15.6. The predicted octanol–water partition coefficient (Wildman–Crippen LogP) is 2.15. The predicted molar refractivity (Wildman–Crippen MR) is 72.6 cm³/mol. The maximum atomic E-state index is 11.2. The molecule has 0 aliphatic heterocycles. The fourth-order valence-electron chi connectivity index (χ4n) is 1.80. The first-order chi connectivity index (χ1) is 10.3. The van der Waals surface area contributed by atoms with E-state index in [4.69, 9.17) is 9.84 Å². The van der Waals surface area contributed by atoms with Gasteiger partial charge in [0.05, 0.1) is 5.69 Å². The number of aromatic nitrogens is 4. The number of carbonyl (C=O) groups is 1. The maximum Gasteiger partial charge on any atom is 0.345 e. The Labute approximate surface area is 119 Å². The number of nitrogens with zero attached hydrogens (tertiary/aromatic N) is 4. The molecule has 0 aliphatic rings. The first kappa shape index (κ1) is 12.8. The van der Waals surface area contributed by atoms with Crippen LogP contribution < -0.4 is 4.74 Å². The molecule has 7 heteroatoms. The van der Waals surface area contributed by atoms with Crippen LogP contribution in [-0.4, -0.2) is 31.3 Å². The SMILES string of the molecule is O=C(O)c1ccccc1Oc1nnnn1-c1ccccc1. The molecule has 0 bridgehead atoms. The number of hydrogen-bond acceptors (Lipinski definition) is 5. The minimum absolute atomic E-state index is 0.0418. The van der Waals surface area contributed by atoms with Crippen molar-refractivity contribution in [3.63, 3.8) is 0 Å². The lowest BCUT2D eigenvalue weighted by Gasteiger charge is -2.08. The molecule has 0 saturated carbocycles. The third-order valence-corrected chi connectivity index (χ3v) is 2.76. The van der Waals surface area contributed by atoms with Crippen LogP contribution in [-0.2, 0) is 0 Å². The van der Waals surface area contributed by atoms with Gasteiger partial charge < -0.3 is 9.84 Å². The Balaban J connectivity index is 1.98. The van der Waals surface area contributed by atoms with Gasteiger partial charge in [0.2, 0.25) is 0 Å². The van der Waals surface area contributed by atoms with E-state index in [0.29, 0.717) is 5.69 Å². The lowest BCUT2D eigenvalue weighted by Crippen LogP contribution is -2.03. The Hall–Kier alpha value is -3.22. The summed E-state index contributed by atoms with van der Waals surface area (Å²) in [5.74, 6) is -0.902. The number of tetrazole rings is 1. The molecule has 0 radical (unpaired) electrons. The van der Waals surface area contributed by atoms with Crippen LogP contribution in [0.4, 0.5) is 0 Å². The van der Waals surface area contributed by atoms with Gasteiger partial charge in [0.1, 0.15) is 11.3 Å². The third-order valence-electron chi connectivity index (χ3n) is 2.76. The zero-order valence-corrected chi connectivity index (χ0v) is 10.7. The molecule has 104 valence electrons. The molecule has 0 fully saturated rings. The quantitative estimate of drug-likeness (QED) is 0.788. The second-order valence-electron chi connectivity index (χ2n) is 4.11. The average molecular weight is 282 g/mol. The molecule has 0 amide bonds. The highest BCUT2D eigenvalue weighted by Crippen LogP contribution is 2.24. The Morgan fingerprint density at radius 1 is 1.05 bits per heavy atom. The van der Waals surface area contributed by atoms with Crippen LogP contribution in [0.3, 0.4) is 0 Å². The van der Waals surface area contributed by atoms with Crippen LogP contribution in [0.2, 0.25) is 0 Å². The molecule has 3 aromatic rings. The van der Waals surface area contributed by atoms with Crippen molar-refractivity contribution in [1.82, 2.24) is 20.2 Å². The summed E-state index contributed by atoms with van der Waals surface area (Å²) in [6.07, 6.45) is 0. The molecular weight excluding hydrogens is 272 g/mol. The molecule has 1 aromatic heterocycles. The van der Waals surface area contributed by atoms with Crippen LogP contribution in [0.5, 0.6) is 11.8 Å². The van der Waals surface area contributed by atoms with Crippen LogP contribution >= 0.6 is 0 Å². The topological polar surface area (TPSA) is 90.1 Å². The lowest BCUT2D eigenvalue weighted by atomic mass is 10.2. The first-order valence-corrected chi connectivity index (χ1v) is 6.09. The van der Waals surface area contributed by atoms with E-state index in [0.717, 1.165) is 0 Å². The van der Waals surface area contributed by atoms with Crippen LogP contribution in [0.15, 0.2) is 54.6 Å². The van der Waals surface area contributed by atoms with Gasteiger partial charge in [0.25, 0.3) is 0 Å². The molecule has 1 heterocycles. The highest BCUT2D eigenvalue weighted by atomic mass is 16.5. The van der Waals surface area contributed by atoms with E-state index in [1.165, 1.54) is 10.7 Å². The number of carboxylic acid groups (broad SMARTS) is 1. The zero-order chi connectivity index (χ0) is 14.7. The summed E-state index contributed by atoms with van der Waals surface area (Å²) in [5.41, 5.74) is 0.755. The van der Waals surface area contributed by atoms with Crippen LogP contribution in [0, 0.1) is 0 Å². The molecule has 2 aromatic carbocycles. The van der Waals surface area contributed by atoms with E-state index in [1.807, 2.05) is 30.3 Å². The summed E-state index contributed by atoms with van der Waals surface area (Å²) in [5, 5.41) is 20.3. The van der Waals surface area contributed by atoms with E-state index in [1.54, 1.807) is 18.2 Å². The lowest BCUT2D eigenvalue weighted by molar-refractivity contribution is 0.0694. The average Bonchev–Trinajstić information content (AvgIpc) is 2.96. The second-order valence-corrected chi connectivity index (χ2v) is 4.11. The standard InChI is InChI=1S/C14H10N4O3/c19-13(20)11-8-4-5-9-12(11)21-14-15-16-17-18(14)10-6-2-1-3-7-10/h1-9H,(H,19,20). The highest BCUT2D eigenvalue weighted by Gasteiger charge is 2.15. The van der Waals surface area contributed by atoms with Crippen molar-refractivity contribution in [2.75, 3.05) is 0 Å². The molecule has 0 aliphatic carbocycles. The fraction of sp³-hybridized carbons (Fsp3) is 0. The minimum atomic E-state index is -1.08. The van der Waals surface area contributed by atoms with Gasteiger partial charge in [-0.15, -0.1) is 0 Å². The van der Waals surface area contributed by atoms with E-state index >= 15 is 0 Å². The van der Waals surface area contributed by atoms with Crippen molar-refractivity contribution in [2.24, 2.45) is 0 Å². The van der Waals surface area contributed by atoms with Gasteiger partial charge in [-0.3, -0.25) is 0 Å². The summed E-state index contributed by atoms with van der Waals surface area (Å²) >= 11 is 0. The van der Waals surface area contributed by atoms with Crippen molar-refractivity contribution in [3.8, 4) is 17.4 Å². The van der Waals surface area contributed by atoms with Crippen molar-refractivity contribution in [1.29, 1.82) is 0 Å². The highest BCUT2D eigenvalue weighted by molar-refractivity contribution is 5.90. The van der Waals surface area contributed by atoms with Gasteiger partial charge in [-0.1, -0.05) is 35.4 Å². The van der Waals surface area contributed by atoms with Crippen molar-refractivity contribution >= 4 is 5.97 Å². The molecule has 21 heavy (non-hydrogen) atoms. The van der Waals surface area contributed by atoms with E-state index in [2.05, 4.69) is 15.5 Å². The summed E-state index contributed by atoms with van der Waals surface area (Å²) in [7, 11) is 0. The number of hydrogen-bond donors (Lipinski definition) is 1. The molecule has 7 nitrogen and oxygen atoms in total. The molecule has 3 rings (SSSR count). The second kappa shape index (κ2) is 5.41. The number of ether oxygens (including phenoxy) is 1. The number of para-hydroxylation sites is 2. The van der Waals surface area contributed by atoms with Crippen molar-refractivity contribution in [2.45, 2.75) is 0 Å². The minimum Gasteiger partial charge on any atom is -0.478 e. The van der Waals surface area contributed by atoms with Gasteiger partial charge in [-0.25, -0.2) is 4.79 Å². The number of aromatic carboxylic acids is 1. The molecule has 0 saturated heterocycles.